The lowest BCUT2D eigenvalue weighted by Crippen LogP contribution is -2.33. The summed E-state index contributed by atoms with van der Waals surface area (Å²) in [6, 6.07) is 6.97. The van der Waals surface area contributed by atoms with E-state index < -0.39 is 6.04 Å². The van der Waals surface area contributed by atoms with Gasteiger partial charge < -0.3 is 10.3 Å². The number of carbonyl (C=O) groups excluding carboxylic acids is 1. The molecule has 130 valence electrons. The number of carbonyl (C=O) groups is 1. The summed E-state index contributed by atoms with van der Waals surface area (Å²) in [6.07, 6.45) is 0. The van der Waals surface area contributed by atoms with Crippen molar-refractivity contribution in [2.45, 2.75) is 40.7 Å². The smallest absolute Gasteiger partial charge is 0.263 e. The van der Waals surface area contributed by atoms with Crippen LogP contribution in [0.25, 0.3) is 11.0 Å². The van der Waals surface area contributed by atoms with Crippen LogP contribution in [0.5, 0.6) is 0 Å². The summed E-state index contributed by atoms with van der Waals surface area (Å²) in [5, 5.41) is 3.42. The van der Waals surface area contributed by atoms with Gasteiger partial charge in [-0.15, -0.1) is 0 Å². The highest BCUT2D eigenvalue weighted by Crippen LogP contribution is 2.19. The molecule has 3 aromatic rings. The second-order valence-electron chi connectivity index (χ2n) is 6.53. The quantitative estimate of drug-likeness (QED) is 0.770. The number of amides is 1. The number of hydrogen-bond donors (Lipinski definition) is 2. The first kappa shape index (κ1) is 17.0. The number of aromatic nitrogens is 3. The van der Waals surface area contributed by atoms with Crippen molar-refractivity contribution in [2.24, 2.45) is 0 Å². The molecule has 2 heterocycles. The van der Waals surface area contributed by atoms with Crippen molar-refractivity contribution in [1.82, 2.24) is 14.5 Å². The predicted molar refractivity (Wildman–Crippen MR) is 99.1 cm³/mol. The Morgan fingerprint density at radius 1 is 1.20 bits per heavy atom. The van der Waals surface area contributed by atoms with Gasteiger partial charge in [-0.3, -0.25) is 14.2 Å². The predicted octanol–water partition coefficient (Wildman–Crippen LogP) is 3.16. The van der Waals surface area contributed by atoms with Gasteiger partial charge in [0, 0.05) is 11.4 Å². The van der Waals surface area contributed by atoms with E-state index in [0.717, 1.165) is 22.5 Å². The standard InChI is InChI=1S/C19H22N4O2/c1-10-6-7-11(2)16(8-10)22-18(24)13(4)23-14(5)21-17-15(19(23)25)9-12(3)20-17/h6-9,13,20H,1-5H3,(H,22,24). The average Bonchev–Trinajstić information content (AvgIpc) is 2.91. The van der Waals surface area contributed by atoms with Crippen molar-refractivity contribution in [3.05, 3.63) is 57.3 Å². The van der Waals surface area contributed by atoms with Gasteiger partial charge in [-0.05, 0) is 57.9 Å². The molecule has 6 heteroatoms. The molecule has 0 aliphatic carbocycles. The first-order valence-electron chi connectivity index (χ1n) is 8.24. The van der Waals surface area contributed by atoms with Crippen LogP contribution in [-0.4, -0.2) is 20.4 Å². The number of anilines is 1. The molecule has 0 saturated heterocycles. The minimum Gasteiger partial charge on any atom is -0.343 e. The van der Waals surface area contributed by atoms with Crippen molar-refractivity contribution >= 4 is 22.6 Å². The third-order valence-electron chi connectivity index (χ3n) is 4.42. The minimum absolute atomic E-state index is 0.213. The number of aryl methyl sites for hydroxylation is 4. The van der Waals surface area contributed by atoms with Crippen molar-refractivity contribution in [2.75, 3.05) is 5.32 Å². The molecule has 0 aliphatic rings. The zero-order valence-electron chi connectivity index (χ0n) is 15.1. The topological polar surface area (TPSA) is 79.8 Å². The van der Waals surface area contributed by atoms with Gasteiger partial charge in [0.25, 0.3) is 5.56 Å². The molecule has 3 rings (SSSR count). The monoisotopic (exact) mass is 338 g/mol. The zero-order valence-corrected chi connectivity index (χ0v) is 15.1. The lowest BCUT2D eigenvalue weighted by atomic mass is 10.1. The molecule has 1 atom stereocenters. The van der Waals surface area contributed by atoms with E-state index in [1.165, 1.54) is 4.57 Å². The van der Waals surface area contributed by atoms with E-state index in [-0.39, 0.29) is 11.5 Å². The highest BCUT2D eigenvalue weighted by atomic mass is 16.2. The molecule has 0 saturated carbocycles. The fourth-order valence-corrected chi connectivity index (χ4v) is 3.00. The molecule has 6 nitrogen and oxygen atoms in total. The highest BCUT2D eigenvalue weighted by molar-refractivity contribution is 5.94. The Morgan fingerprint density at radius 3 is 2.64 bits per heavy atom. The summed E-state index contributed by atoms with van der Waals surface area (Å²) in [4.78, 5) is 33.0. The van der Waals surface area contributed by atoms with Crippen molar-refractivity contribution in [3.8, 4) is 0 Å². The molecule has 1 amide bonds. The molecule has 1 aromatic carbocycles. The SMILES string of the molecule is Cc1ccc(C)c(NC(=O)C(C)n2c(C)nc3[nH]c(C)cc3c2=O)c1. The first-order chi connectivity index (χ1) is 11.8. The molecule has 0 fully saturated rings. The molecule has 0 bridgehead atoms. The number of hydrogen-bond acceptors (Lipinski definition) is 3. The Bertz CT molecular complexity index is 1030. The Morgan fingerprint density at radius 2 is 1.92 bits per heavy atom. The third kappa shape index (κ3) is 3.07. The fourth-order valence-electron chi connectivity index (χ4n) is 3.00. The molecule has 1 unspecified atom stereocenters. The number of fused-ring (bicyclic) bond motifs is 1. The number of H-pyrrole nitrogens is 1. The zero-order chi connectivity index (χ0) is 18.3. The minimum atomic E-state index is -0.667. The van der Waals surface area contributed by atoms with Crippen LogP contribution in [0.15, 0.2) is 29.1 Å². The van der Waals surface area contributed by atoms with E-state index >= 15 is 0 Å². The lowest BCUT2D eigenvalue weighted by Gasteiger charge is -2.18. The van der Waals surface area contributed by atoms with Gasteiger partial charge in [0.1, 0.15) is 17.5 Å². The molecular formula is C19H22N4O2. The van der Waals surface area contributed by atoms with Gasteiger partial charge in [-0.25, -0.2) is 4.98 Å². The van der Waals surface area contributed by atoms with Gasteiger partial charge in [0.05, 0.1) is 5.39 Å². The molecule has 0 aliphatic heterocycles. The summed E-state index contributed by atoms with van der Waals surface area (Å²) in [5.74, 6) is 0.260. The molecule has 25 heavy (non-hydrogen) atoms. The van der Waals surface area contributed by atoms with Crippen LogP contribution < -0.4 is 10.9 Å². The molecular weight excluding hydrogens is 316 g/mol. The fraction of sp³-hybridized carbons (Fsp3) is 0.316. The van der Waals surface area contributed by atoms with Crippen molar-refractivity contribution in [1.29, 1.82) is 0 Å². The third-order valence-corrected chi connectivity index (χ3v) is 4.42. The maximum atomic E-state index is 12.8. The van der Waals surface area contributed by atoms with E-state index in [2.05, 4.69) is 15.3 Å². The van der Waals surface area contributed by atoms with Crippen LogP contribution in [0.2, 0.25) is 0 Å². The summed E-state index contributed by atoms with van der Waals surface area (Å²) < 4.78 is 1.44. The van der Waals surface area contributed by atoms with Gasteiger partial charge in [0.15, 0.2) is 0 Å². The number of aromatic amines is 1. The van der Waals surface area contributed by atoms with E-state index in [9.17, 15) is 9.59 Å². The van der Waals surface area contributed by atoms with Crippen LogP contribution in [0.1, 0.15) is 35.6 Å². The van der Waals surface area contributed by atoms with Crippen molar-refractivity contribution in [3.63, 3.8) is 0 Å². The summed E-state index contributed by atoms with van der Waals surface area (Å²) in [7, 11) is 0. The normalized spacial score (nSPS) is 12.4. The number of nitrogens with zero attached hydrogens (tertiary/aromatic N) is 2. The first-order valence-corrected chi connectivity index (χ1v) is 8.24. The highest BCUT2D eigenvalue weighted by Gasteiger charge is 2.21. The molecule has 2 N–H and O–H groups in total. The average molecular weight is 338 g/mol. The summed E-state index contributed by atoms with van der Waals surface area (Å²) in [6.45, 7) is 9.23. The Labute approximate surface area is 145 Å². The maximum Gasteiger partial charge on any atom is 0.263 e. The molecule has 0 spiro atoms. The molecule has 2 aromatic heterocycles. The summed E-state index contributed by atoms with van der Waals surface area (Å²) in [5.41, 5.74) is 4.00. The Kier molecular flexibility index (Phi) is 4.20. The second-order valence-corrected chi connectivity index (χ2v) is 6.53. The number of benzene rings is 1. The Balaban J connectivity index is 1.98. The van der Waals surface area contributed by atoms with Gasteiger partial charge >= 0.3 is 0 Å². The van der Waals surface area contributed by atoms with Gasteiger partial charge in [0.2, 0.25) is 5.91 Å². The van der Waals surface area contributed by atoms with E-state index in [1.807, 2.05) is 39.0 Å². The van der Waals surface area contributed by atoms with E-state index in [4.69, 9.17) is 0 Å². The van der Waals surface area contributed by atoms with Crippen LogP contribution >= 0.6 is 0 Å². The van der Waals surface area contributed by atoms with Crippen LogP contribution in [0.3, 0.4) is 0 Å². The van der Waals surface area contributed by atoms with Crippen LogP contribution in [0.4, 0.5) is 5.69 Å². The van der Waals surface area contributed by atoms with Gasteiger partial charge in [-0.1, -0.05) is 12.1 Å². The van der Waals surface area contributed by atoms with Gasteiger partial charge in [-0.2, -0.15) is 0 Å². The van der Waals surface area contributed by atoms with Crippen molar-refractivity contribution < 1.29 is 4.79 Å². The van der Waals surface area contributed by atoms with E-state index in [0.29, 0.717) is 16.9 Å². The Hall–Kier alpha value is -2.89. The number of rotatable bonds is 3. The summed E-state index contributed by atoms with van der Waals surface area (Å²) >= 11 is 0. The lowest BCUT2D eigenvalue weighted by molar-refractivity contribution is -0.118. The number of nitrogens with one attached hydrogen (secondary N) is 2. The van der Waals surface area contributed by atoms with Crippen LogP contribution in [0, 0.1) is 27.7 Å². The largest absolute Gasteiger partial charge is 0.343 e. The molecule has 0 radical (unpaired) electrons. The van der Waals surface area contributed by atoms with Crippen LogP contribution in [-0.2, 0) is 4.79 Å². The second kappa shape index (κ2) is 6.20. The maximum absolute atomic E-state index is 12.8. The van der Waals surface area contributed by atoms with E-state index in [1.54, 1.807) is 19.9 Å².